The van der Waals surface area contributed by atoms with E-state index in [1.165, 1.54) is 0 Å². The third kappa shape index (κ3) is 4.59. The van der Waals surface area contributed by atoms with Crippen LogP contribution in [0, 0.1) is 0 Å². The van der Waals surface area contributed by atoms with Gasteiger partial charge in [-0.15, -0.1) is 0 Å². The minimum absolute atomic E-state index is 0.0123. The zero-order valence-electron chi connectivity index (χ0n) is 12.4. The van der Waals surface area contributed by atoms with Crippen molar-refractivity contribution in [2.45, 2.75) is 31.9 Å². The van der Waals surface area contributed by atoms with E-state index in [9.17, 15) is 10.2 Å². The highest BCUT2D eigenvalue weighted by Gasteiger charge is 2.15. The van der Waals surface area contributed by atoms with Crippen molar-refractivity contribution in [3.05, 3.63) is 65.7 Å². The second kappa shape index (κ2) is 7.81. The van der Waals surface area contributed by atoms with Crippen LogP contribution in [0.2, 0.25) is 0 Å². The Labute approximate surface area is 126 Å². The number of benzene rings is 2. The van der Waals surface area contributed by atoms with Crippen molar-refractivity contribution in [1.29, 1.82) is 0 Å². The molecular formula is C18H23NO2. The highest BCUT2D eigenvalue weighted by atomic mass is 16.3. The summed E-state index contributed by atoms with van der Waals surface area (Å²) in [4.78, 5) is 0. The van der Waals surface area contributed by atoms with Gasteiger partial charge < -0.3 is 15.5 Å². The van der Waals surface area contributed by atoms with Crippen LogP contribution < -0.4 is 5.32 Å². The number of rotatable bonds is 7. The van der Waals surface area contributed by atoms with E-state index in [2.05, 4.69) is 24.4 Å². The second-order valence-electron chi connectivity index (χ2n) is 5.29. The Morgan fingerprint density at radius 3 is 2.19 bits per heavy atom. The summed E-state index contributed by atoms with van der Waals surface area (Å²) in [7, 11) is 0. The quantitative estimate of drug-likeness (QED) is 0.732. The lowest BCUT2D eigenvalue weighted by atomic mass is 9.98. The molecule has 0 aliphatic carbocycles. The van der Waals surface area contributed by atoms with Crippen molar-refractivity contribution < 1.29 is 10.2 Å². The maximum absolute atomic E-state index is 9.93. The van der Waals surface area contributed by atoms with E-state index in [-0.39, 0.29) is 17.9 Å². The van der Waals surface area contributed by atoms with Gasteiger partial charge in [0.05, 0.1) is 12.1 Å². The third-order valence-electron chi connectivity index (χ3n) is 3.54. The van der Waals surface area contributed by atoms with Crippen LogP contribution in [0.5, 0.6) is 5.75 Å². The van der Waals surface area contributed by atoms with Crippen molar-refractivity contribution in [1.82, 2.24) is 5.32 Å². The molecule has 0 bridgehead atoms. The van der Waals surface area contributed by atoms with Crippen LogP contribution in [-0.2, 0) is 0 Å². The fourth-order valence-electron chi connectivity index (χ4n) is 2.43. The third-order valence-corrected chi connectivity index (χ3v) is 3.54. The SMILES string of the molecule is CCCC(O)CNC(c1ccccc1)c1ccc(O)cc1. The van der Waals surface area contributed by atoms with E-state index < -0.39 is 0 Å². The van der Waals surface area contributed by atoms with E-state index in [1.54, 1.807) is 12.1 Å². The highest BCUT2D eigenvalue weighted by molar-refractivity contribution is 5.34. The van der Waals surface area contributed by atoms with Crippen LogP contribution in [0.3, 0.4) is 0 Å². The standard InChI is InChI=1S/C18H23NO2/c1-2-6-17(21)13-19-18(14-7-4-3-5-8-14)15-9-11-16(20)12-10-15/h3-5,7-12,17-21H,2,6,13H2,1H3. The number of hydrogen-bond acceptors (Lipinski definition) is 3. The van der Waals surface area contributed by atoms with Crippen molar-refractivity contribution >= 4 is 0 Å². The first-order valence-electron chi connectivity index (χ1n) is 7.46. The Morgan fingerprint density at radius 1 is 0.952 bits per heavy atom. The van der Waals surface area contributed by atoms with E-state index in [1.807, 2.05) is 30.3 Å². The van der Waals surface area contributed by atoms with Crippen LogP contribution in [-0.4, -0.2) is 22.9 Å². The van der Waals surface area contributed by atoms with Gasteiger partial charge in [-0.05, 0) is 29.7 Å². The first kappa shape index (κ1) is 15.5. The van der Waals surface area contributed by atoms with Gasteiger partial charge in [0.15, 0.2) is 0 Å². The Morgan fingerprint density at radius 2 is 1.57 bits per heavy atom. The molecule has 0 saturated carbocycles. The van der Waals surface area contributed by atoms with Gasteiger partial charge in [-0.25, -0.2) is 0 Å². The summed E-state index contributed by atoms with van der Waals surface area (Å²) in [5.74, 6) is 0.261. The predicted molar refractivity (Wildman–Crippen MR) is 85.3 cm³/mol. The fourth-order valence-corrected chi connectivity index (χ4v) is 2.43. The molecule has 21 heavy (non-hydrogen) atoms. The number of aliphatic hydroxyl groups excluding tert-OH is 1. The van der Waals surface area contributed by atoms with Gasteiger partial charge in [-0.3, -0.25) is 0 Å². The first-order chi connectivity index (χ1) is 10.2. The average molecular weight is 285 g/mol. The maximum Gasteiger partial charge on any atom is 0.115 e. The average Bonchev–Trinajstić information content (AvgIpc) is 2.50. The fraction of sp³-hybridized carbons (Fsp3) is 0.333. The molecule has 0 spiro atoms. The molecule has 2 aromatic carbocycles. The molecule has 2 atom stereocenters. The van der Waals surface area contributed by atoms with Crippen LogP contribution in [0.1, 0.15) is 36.9 Å². The number of phenolic OH excluding ortho intramolecular Hbond substituents is 1. The van der Waals surface area contributed by atoms with Crippen molar-refractivity contribution in [3.8, 4) is 5.75 Å². The molecule has 0 fully saturated rings. The molecule has 3 nitrogen and oxygen atoms in total. The lowest BCUT2D eigenvalue weighted by Crippen LogP contribution is -2.31. The topological polar surface area (TPSA) is 52.5 Å². The minimum Gasteiger partial charge on any atom is -0.508 e. The van der Waals surface area contributed by atoms with Gasteiger partial charge in [-0.1, -0.05) is 55.8 Å². The molecule has 3 N–H and O–H groups in total. The first-order valence-corrected chi connectivity index (χ1v) is 7.46. The monoisotopic (exact) mass is 285 g/mol. The molecule has 0 radical (unpaired) electrons. The van der Waals surface area contributed by atoms with Gasteiger partial charge in [0.25, 0.3) is 0 Å². The molecular weight excluding hydrogens is 262 g/mol. The van der Waals surface area contributed by atoms with Crippen LogP contribution in [0.25, 0.3) is 0 Å². The van der Waals surface area contributed by atoms with E-state index in [0.29, 0.717) is 6.54 Å². The highest BCUT2D eigenvalue weighted by Crippen LogP contribution is 2.23. The summed E-state index contributed by atoms with van der Waals surface area (Å²) in [5, 5.41) is 22.8. The number of aromatic hydroxyl groups is 1. The molecule has 0 amide bonds. The Bertz CT molecular complexity index is 525. The van der Waals surface area contributed by atoms with Crippen molar-refractivity contribution in [2.75, 3.05) is 6.54 Å². The summed E-state index contributed by atoms with van der Waals surface area (Å²) in [6, 6.07) is 17.3. The molecule has 3 heteroatoms. The Hall–Kier alpha value is -1.84. The van der Waals surface area contributed by atoms with Gasteiger partial charge in [-0.2, -0.15) is 0 Å². The molecule has 0 aliphatic rings. The van der Waals surface area contributed by atoms with Crippen LogP contribution in [0.15, 0.2) is 54.6 Å². The number of nitrogens with one attached hydrogen (secondary N) is 1. The van der Waals surface area contributed by atoms with E-state index in [0.717, 1.165) is 24.0 Å². The number of hydrogen-bond donors (Lipinski definition) is 3. The number of phenols is 1. The van der Waals surface area contributed by atoms with E-state index >= 15 is 0 Å². The maximum atomic E-state index is 9.93. The molecule has 2 unspecified atom stereocenters. The molecule has 112 valence electrons. The molecule has 0 saturated heterocycles. The zero-order valence-corrected chi connectivity index (χ0v) is 12.4. The Balaban J connectivity index is 2.16. The molecule has 0 aliphatic heterocycles. The second-order valence-corrected chi connectivity index (χ2v) is 5.29. The summed E-state index contributed by atoms with van der Waals surface area (Å²) < 4.78 is 0. The van der Waals surface area contributed by atoms with Gasteiger partial charge in [0.1, 0.15) is 5.75 Å². The van der Waals surface area contributed by atoms with Crippen LogP contribution >= 0.6 is 0 Å². The lowest BCUT2D eigenvalue weighted by molar-refractivity contribution is 0.158. The largest absolute Gasteiger partial charge is 0.508 e. The molecule has 0 heterocycles. The van der Waals surface area contributed by atoms with Crippen molar-refractivity contribution in [3.63, 3.8) is 0 Å². The van der Waals surface area contributed by atoms with Gasteiger partial charge in [0.2, 0.25) is 0 Å². The Kier molecular flexibility index (Phi) is 5.78. The minimum atomic E-state index is -0.335. The summed E-state index contributed by atoms with van der Waals surface area (Å²) in [5.41, 5.74) is 2.22. The molecule has 0 aromatic heterocycles. The van der Waals surface area contributed by atoms with Gasteiger partial charge >= 0.3 is 0 Å². The smallest absolute Gasteiger partial charge is 0.115 e. The normalized spacial score (nSPS) is 13.8. The van der Waals surface area contributed by atoms with Crippen LogP contribution in [0.4, 0.5) is 0 Å². The predicted octanol–water partition coefficient (Wildman–Crippen LogP) is 3.23. The lowest BCUT2D eigenvalue weighted by Gasteiger charge is -2.22. The van der Waals surface area contributed by atoms with Crippen molar-refractivity contribution in [2.24, 2.45) is 0 Å². The summed E-state index contributed by atoms with van der Waals surface area (Å²) >= 11 is 0. The number of aliphatic hydroxyl groups is 1. The van der Waals surface area contributed by atoms with E-state index in [4.69, 9.17) is 0 Å². The summed E-state index contributed by atoms with van der Waals surface area (Å²) in [6.07, 6.45) is 1.43. The molecule has 2 rings (SSSR count). The summed E-state index contributed by atoms with van der Waals surface area (Å²) in [6.45, 7) is 2.62. The molecule has 2 aromatic rings. The zero-order chi connectivity index (χ0) is 15.1. The van der Waals surface area contributed by atoms with Gasteiger partial charge in [0, 0.05) is 6.54 Å².